The number of para-hydroxylation sites is 1. The number of aryl methyl sites for hydroxylation is 1. The molecule has 148 valence electrons. The van der Waals surface area contributed by atoms with Crippen LogP contribution in [0.15, 0.2) is 85.5 Å². The molecule has 0 atom stereocenters. The predicted molar refractivity (Wildman–Crippen MR) is 122 cm³/mol. The molecule has 3 aromatic carbocycles. The van der Waals surface area contributed by atoms with Crippen molar-refractivity contribution in [2.45, 2.75) is 13.0 Å². The normalized spacial score (nSPS) is 11.2. The van der Waals surface area contributed by atoms with Crippen molar-refractivity contribution >= 4 is 43.4 Å². The molecule has 2 heterocycles. The molecule has 0 aliphatic heterocycles. The van der Waals surface area contributed by atoms with E-state index in [4.69, 9.17) is 4.98 Å². The summed E-state index contributed by atoms with van der Waals surface area (Å²) in [6.45, 7) is 1.38. The molecule has 5 aromatic rings. The third kappa shape index (κ3) is 3.69. The van der Waals surface area contributed by atoms with Crippen molar-refractivity contribution in [2.75, 3.05) is 11.4 Å². The van der Waals surface area contributed by atoms with E-state index in [2.05, 4.69) is 11.1 Å². The van der Waals surface area contributed by atoms with Crippen LogP contribution in [0.3, 0.4) is 0 Å². The van der Waals surface area contributed by atoms with E-state index < -0.39 is 0 Å². The molecule has 5 rings (SSSR count). The van der Waals surface area contributed by atoms with Gasteiger partial charge in [0.2, 0.25) is 0 Å². The van der Waals surface area contributed by atoms with E-state index in [1.165, 1.54) is 0 Å². The van der Waals surface area contributed by atoms with Gasteiger partial charge in [0.05, 0.1) is 16.5 Å². The number of rotatable bonds is 6. The molecule has 0 bridgehead atoms. The standard InChI is InChI=1S/C24H20N4OS/c29-23(20-11-10-18-6-1-2-7-19(18)16-20)28(14-5-13-27-15-12-25-17-27)24-26-21-8-3-4-9-22(21)30-24/h1-4,6-12,15-17H,5,13-14H2. The maximum absolute atomic E-state index is 13.5. The van der Waals surface area contributed by atoms with Gasteiger partial charge in [0.15, 0.2) is 5.13 Å². The summed E-state index contributed by atoms with van der Waals surface area (Å²) in [5.74, 6) is -0.0227. The van der Waals surface area contributed by atoms with Gasteiger partial charge < -0.3 is 4.57 Å². The van der Waals surface area contributed by atoms with Gasteiger partial charge in [0.1, 0.15) is 0 Å². The number of hydrogen-bond donors (Lipinski definition) is 0. The van der Waals surface area contributed by atoms with Crippen LogP contribution in [0.4, 0.5) is 5.13 Å². The third-order valence-electron chi connectivity index (χ3n) is 5.11. The van der Waals surface area contributed by atoms with Crippen LogP contribution in [-0.4, -0.2) is 27.0 Å². The maximum Gasteiger partial charge on any atom is 0.260 e. The van der Waals surface area contributed by atoms with Crippen LogP contribution in [0.25, 0.3) is 21.0 Å². The first-order chi connectivity index (χ1) is 14.8. The van der Waals surface area contributed by atoms with E-state index in [0.29, 0.717) is 12.1 Å². The largest absolute Gasteiger partial charge is 0.337 e. The number of fused-ring (bicyclic) bond motifs is 2. The smallest absolute Gasteiger partial charge is 0.260 e. The summed E-state index contributed by atoms with van der Waals surface area (Å²) in [6, 6.07) is 22.0. The van der Waals surface area contributed by atoms with E-state index in [0.717, 1.165) is 39.1 Å². The zero-order valence-corrected chi connectivity index (χ0v) is 17.1. The van der Waals surface area contributed by atoms with Crippen LogP contribution in [-0.2, 0) is 6.54 Å². The first-order valence-electron chi connectivity index (χ1n) is 9.90. The van der Waals surface area contributed by atoms with Crippen LogP contribution in [0.2, 0.25) is 0 Å². The van der Waals surface area contributed by atoms with E-state index in [9.17, 15) is 4.79 Å². The van der Waals surface area contributed by atoms with E-state index in [-0.39, 0.29) is 5.91 Å². The zero-order chi connectivity index (χ0) is 20.3. The van der Waals surface area contributed by atoms with Crippen molar-refractivity contribution in [2.24, 2.45) is 0 Å². The Balaban J connectivity index is 1.47. The van der Waals surface area contributed by atoms with Gasteiger partial charge in [-0.1, -0.05) is 53.8 Å². The molecular weight excluding hydrogens is 392 g/mol. The summed E-state index contributed by atoms with van der Waals surface area (Å²) in [6.07, 6.45) is 6.32. The molecule has 0 radical (unpaired) electrons. The number of amides is 1. The molecule has 0 saturated heterocycles. The van der Waals surface area contributed by atoms with Crippen molar-refractivity contribution < 1.29 is 4.79 Å². The average molecular weight is 413 g/mol. The second-order valence-electron chi connectivity index (χ2n) is 7.14. The molecule has 0 N–H and O–H groups in total. The molecule has 0 spiro atoms. The Morgan fingerprint density at radius 3 is 2.67 bits per heavy atom. The van der Waals surface area contributed by atoms with E-state index >= 15 is 0 Å². The topological polar surface area (TPSA) is 51.0 Å². The Labute approximate surface area is 178 Å². The Morgan fingerprint density at radius 2 is 1.83 bits per heavy atom. The minimum Gasteiger partial charge on any atom is -0.337 e. The molecule has 6 heteroatoms. The van der Waals surface area contributed by atoms with Crippen LogP contribution >= 0.6 is 11.3 Å². The predicted octanol–water partition coefficient (Wildman–Crippen LogP) is 5.38. The highest BCUT2D eigenvalue weighted by Crippen LogP contribution is 2.30. The summed E-state index contributed by atoms with van der Waals surface area (Å²) < 4.78 is 3.11. The molecule has 0 aliphatic carbocycles. The first-order valence-corrected chi connectivity index (χ1v) is 10.7. The lowest BCUT2D eigenvalue weighted by molar-refractivity contribution is 0.0986. The number of carbonyl (C=O) groups excluding carboxylic acids is 1. The summed E-state index contributed by atoms with van der Waals surface area (Å²) in [5, 5.41) is 2.92. The van der Waals surface area contributed by atoms with E-state index in [1.54, 1.807) is 23.9 Å². The second-order valence-corrected chi connectivity index (χ2v) is 8.15. The summed E-state index contributed by atoms with van der Waals surface area (Å²) in [4.78, 5) is 24.2. The highest BCUT2D eigenvalue weighted by atomic mass is 32.1. The van der Waals surface area contributed by atoms with Gasteiger partial charge in [-0.05, 0) is 41.5 Å². The Bertz CT molecular complexity index is 1280. The van der Waals surface area contributed by atoms with Crippen molar-refractivity contribution in [3.8, 4) is 0 Å². The molecule has 2 aromatic heterocycles. The third-order valence-corrected chi connectivity index (χ3v) is 6.17. The van der Waals surface area contributed by atoms with Crippen molar-refractivity contribution in [1.29, 1.82) is 0 Å². The molecule has 5 nitrogen and oxygen atoms in total. The van der Waals surface area contributed by atoms with Crippen LogP contribution in [0.1, 0.15) is 16.8 Å². The lowest BCUT2D eigenvalue weighted by Gasteiger charge is -2.20. The highest BCUT2D eigenvalue weighted by Gasteiger charge is 2.21. The van der Waals surface area contributed by atoms with Crippen LogP contribution in [0.5, 0.6) is 0 Å². The van der Waals surface area contributed by atoms with Crippen LogP contribution in [0, 0.1) is 0 Å². The molecule has 1 amide bonds. The lowest BCUT2D eigenvalue weighted by Crippen LogP contribution is -2.32. The van der Waals surface area contributed by atoms with E-state index in [1.807, 2.05) is 76.3 Å². The fourth-order valence-corrected chi connectivity index (χ4v) is 4.56. The molecule has 0 aliphatic rings. The van der Waals surface area contributed by atoms with Gasteiger partial charge in [-0.25, -0.2) is 9.97 Å². The molecular formula is C24H20N4OS. The highest BCUT2D eigenvalue weighted by molar-refractivity contribution is 7.22. The zero-order valence-electron chi connectivity index (χ0n) is 16.3. The molecule has 0 fully saturated rings. The number of nitrogens with zero attached hydrogens (tertiary/aromatic N) is 4. The SMILES string of the molecule is O=C(c1ccc2ccccc2c1)N(CCCn1ccnc1)c1nc2ccccc2s1. The minimum atomic E-state index is -0.0227. The maximum atomic E-state index is 13.5. The molecule has 30 heavy (non-hydrogen) atoms. The Kier molecular flexibility index (Phi) is 4.99. The second kappa shape index (κ2) is 8.08. The van der Waals surface area contributed by atoms with Crippen molar-refractivity contribution in [1.82, 2.24) is 14.5 Å². The summed E-state index contributed by atoms with van der Waals surface area (Å²) >= 11 is 1.55. The first kappa shape index (κ1) is 18.5. The van der Waals surface area contributed by atoms with Gasteiger partial charge in [-0.2, -0.15) is 0 Å². The number of aromatic nitrogens is 3. The molecule has 0 saturated carbocycles. The number of hydrogen-bond acceptors (Lipinski definition) is 4. The van der Waals surface area contributed by atoms with Crippen LogP contribution < -0.4 is 4.90 Å². The fraction of sp³-hybridized carbons (Fsp3) is 0.125. The number of benzene rings is 3. The lowest BCUT2D eigenvalue weighted by atomic mass is 10.1. The number of carbonyl (C=O) groups is 1. The van der Waals surface area contributed by atoms with Gasteiger partial charge >= 0.3 is 0 Å². The Morgan fingerprint density at radius 1 is 1.00 bits per heavy atom. The molecule has 0 unspecified atom stereocenters. The number of thiazole rings is 1. The fourth-order valence-electron chi connectivity index (χ4n) is 3.57. The van der Waals surface area contributed by atoms with Crippen molar-refractivity contribution in [3.63, 3.8) is 0 Å². The van der Waals surface area contributed by atoms with Gasteiger partial charge in [-0.3, -0.25) is 9.69 Å². The van der Waals surface area contributed by atoms with Gasteiger partial charge in [0, 0.05) is 31.0 Å². The quantitative estimate of drug-likeness (QED) is 0.376. The summed E-state index contributed by atoms with van der Waals surface area (Å²) in [5.41, 5.74) is 1.60. The number of imidazole rings is 1. The Hall–Kier alpha value is -3.51. The van der Waals surface area contributed by atoms with Gasteiger partial charge in [0.25, 0.3) is 5.91 Å². The summed E-state index contributed by atoms with van der Waals surface area (Å²) in [7, 11) is 0. The van der Waals surface area contributed by atoms with Crippen molar-refractivity contribution in [3.05, 3.63) is 91.0 Å². The minimum absolute atomic E-state index is 0.0227. The number of anilines is 1. The average Bonchev–Trinajstić information content (AvgIpc) is 3.45. The van der Waals surface area contributed by atoms with Gasteiger partial charge in [-0.15, -0.1) is 0 Å². The monoisotopic (exact) mass is 412 g/mol.